The number of rotatable bonds is 1. The van der Waals surface area contributed by atoms with E-state index in [1.165, 1.54) is 0 Å². The summed E-state index contributed by atoms with van der Waals surface area (Å²) in [4.78, 5) is 24.2. The number of hydrogen-bond acceptors (Lipinski definition) is 2. The number of allylic oxidation sites excluding steroid dienone is 1. The average molecular weight is 234 g/mol. The molecule has 0 aromatic carbocycles. The van der Waals surface area contributed by atoms with Crippen LogP contribution in [0.25, 0.3) is 0 Å². The molecule has 2 aliphatic rings. The molecule has 0 unspecified atom stereocenters. The highest BCUT2D eigenvalue weighted by molar-refractivity contribution is 5.91. The van der Waals surface area contributed by atoms with E-state index in [4.69, 9.17) is 0 Å². The third kappa shape index (κ3) is 1.88. The van der Waals surface area contributed by atoms with Crippen molar-refractivity contribution in [1.82, 2.24) is 0 Å². The van der Waals surface area contributed by atoms with Crippen molar-refractivity contribution in [2.45, 2.75) is 46.5 Å². The molecular formula is C15H22O2. The zero-order valence-electron chi connectivity index (χ0n) is 11.1. The van der Waals surface area contributed by atoms with E-state index >= 15 is 0 Å². The van der Waals surface area contributed by atoms with E-state index < -0.39 is 0 Å². The predicted molar refractivity (Wildman–Crippen MR) is 67.5 cm³/mol. The first kappa shape index (κ1) is 12.5. The number of carbonyl (C=O) groups excluding carboxylic acids is 2. The van der Waals surface area contributed by atoms with Crippen LogP contribution in [0.15, 0.2) is 12.2 Å². The molecule has 2 aliphatic carbocycles. The highest BCUT2D eigenvalue weighted by atomic mass is 16.1. The molecule has 0 bridgehead atoms. The molecule has 2 heteroatoms. The van der Waals surface area contributed by atoms with Gasteiger partial charge in [-0.15, -0.1) is 0 Å². The molecule has 4 atom stereocenters. The Morgan fingerprint density at radius 1 is 1.41 bits per heavy atom. The van der Waals surface area contributed by atoms with Gasteiger partial charge in [-0.25, -0.2) is 0 Å². The van der Waals surface area contributed by atoms with Crippen LogP contribution in [0.3, 0.4) is 0 Å². The summed E-state index contributed by atoms with van der Waals surface area (Å²) in [7, 11) is 0. The monoisotopic (exact) mass is 234 g/mol. The Kier molecular flexibility index (Phi) is 3.01. The highest BCUT2D eigenvalue weighted by Crippen LogP contribution is 2.51. The summed E-state index contributed by atoms with van der Waals surface area (Å²) in [5.74, 6) is 1.24. The van der Waals surface area contributed by atoms with Gasteiger partial charge in [0.2, 0.25) is 0 Å². The topological polar surface area (TPSA) is 34.1 Å². The third-order valence-electron chi connectivity index (χ3n) is 5.12. The van der Waals surface area contributed by atoms with Crippen molar-refractivity contribution in [3.63, 3.8) is 0 Å². The Hall–Kier alpha value is -0.920. The summed E-state index contributed by atoms with van der Waals surface area (Å²) < 4.78 is 0. The van der Waals surface area contributed by atoms with Crippen LogP contribution in [-0.2, 0) is 9.59 Å². The average Bonchev–Trinajstić information content (AvgIpc) is 2.26. The molecule has 0 aliphatic heterocycles. The number of ketones is 2. The molecule has 0 heterocycles. The maximum atomic E-state index is 12.4. The Morgan fingerprint density at radius 2 is 2.06 bits per heavy atom. The fourth-order valence-corrected chi connectivity index (χ4v) is 3.60. The van der Waals surface area contributed by atoms with Crippen molar-refractivity contribution in [2.75, 3.05) is 0 Å². The molecule has 0 spiro atoms. The predicted octanol–water partition coefficient (Wildman–Crippen LogP) is 3.16. The van der Waals surface area contributed by atoms with Gasteiger partial charge in [0.15, 0.2) is 0 Å². The highest BCUT2D eigenvalue weighted by Gasteiger charge is 2.52. The molecule has 0 amide bonds. The van der Waals surface area contributed by atoms with Gasteiger partial charge in [0, 0.05) is 24.2 Å². The lowest BCUT2D eigenvalue weighted by molar-refractivity contribution is -0.146. The minimum atomic E-state index is -0.251. The maximum Gasteiger partial charge on any atom is 0.139 e. The van der Waals surface area contributed by atoms with E-state index in [0.717, 1.165) is 18.4 Å². The zero-order chi connectivity index (χ0) is 12.8. The summed E-state index contributed by atoms with van der Waals surface area (Å²) >= 11 is 0. The van der Waals surface area contributed by atoms with Crippen molar-refractivity contribution >= 4 is 11.6 Å². The molecule has 17 heavy (non-hydrogen) atoms. The molecule has 2 fully saturated rings. The van der Waals surface area contributed by atoms with E-state index in [1.807, 2.05) is 13.8 Å². The van der Waals surface area contributed by atoms with Gasteiger partial charge in [-0.05, 0) is 31.6 Å². The van der Waals surface area contributed by atoms with Crippen LogP contribution in [0.4, 0.5) is 0 Å². The van der Waals surface area contributed by atoms with Crippen LogP contribution in [-0.4, -0.2) is 11.6 Å². The number of fused-ring (bicyclic) bond motifs is 1. The van der Waals surface area contributed by atoms with Gasteiger partial charge in [0.25, 0.3) is 0 Å². The third-order valence-corrected chi connectivity index (χ3v) is 5.12. The zero-order valence-corrected chi connectivity index (χ0v) is 11.1. The Labute approximate surface area is 103 Å². The Morgan fingerprint density at radius 3 is 2.65 bits per heavy atom. The van der Waals surface area contributed by atoms with Crippen molar-refractivity contribution in [2.24, 2.45) is 23.2 Å². The molecule has 0 saturated heterocycles. The summed E-state index contributed by atoms with van der Waals surface area (Å²) in [6.07, 6.45) is 2.92. The number of hydrogen-bond donors (Lipinski definition) is 0. The largest absolute Gasteiger partial charge is 0.299 e. The van der Waals surface area contributed by atoms with Crippen molar-refractivity contribution < 1.29 is 9.59 Å². The van der Waals surface area contributed by atoms with Gasteiger partial charge < -0.3 is 0 Å². The standard InChI is InChI=1S/C15H22O2/c1-9(2)11-7-12-10(3)13(16)5-6-15(12,4)14(17)8-11/h10-12H,1,5-8H2,2-4H3/t10-,11-,12-,15+/m0/s1. The molecule has 0 N–H and O–H groups in total. The van der Waals surface area contributed by atoms with Crippen LogP contribution in [0.2, 0.25) is 0 Å². The normalized spacial score (nSPS) is 42.2. The van der Waals surface area contributed by atoms with Gasteiger partial charge in [-0.1, -0.05) is 26.0 Å². The Balaban J connectivity index is 2.31. The van der Waals surface area contributed by atoms with E-state index in [9.17, 15) is 9.59 Å². The van der Waals surface area contributed by atoms with Gasteiger partial charge in [-0.3, -0.25) is 9.59 Å². The van der Waals surface area contributed by atoms with Gasteiger partial charge >= 0.3 is 0 Å². The molecule has 0 aromatic heterocycles. The van der Waals surface area contributed by atoms with Crippen LogP contribution in [0.5, 0.6) is 0 Å². The minimum absolute atomic E-state index is 0.0415. The van der Waals surface area contributed by atoms with E-state index in [1.54, 1.807) is 0 Å². The summed E-state index contributed by atoms with van der Waals surface area (Å²) in [5.41, 5.74) is 0.838. The molecular weight excluding hydrogens is 212 g/mol. The van der Waals surface area contributed by atoms with Crippen molar-refractivity contribution in [3.05, 3.63) is 12.2 Å². The SMILES string of the molecule is C=C(C)[C@@H]1CC(=O)[C@]2(C)CCC(=O)[C@@H](C)[C@@H]2C1. The van der Waals surface area contributed by atoms with Crippen LogP contribution >= 0.6 is 0 Å². The lowest BCUT2D eigenvalue weighted by Crippen LogP contribution is -2.50. The second kappa shape index (κ2) is 4.08. The molecule has 2 rings (SSSR count). The first-order chi connectivity index (χ1) is 7.86. The van der Waals surface area contributed by atoms with E-state index in [0.29, 0.717) is 24.4 Å². The second-order valence-corrected chi connectivity index (χ2v) is 6.19. The maximum absolute atomic E-state index is 12.4. The van der Waals surface area contributed by atoms with Gasteiger partial charge in [0.1, 0.15) is 11.6 Å². The van der Waals surface area contributed by atoms with Crippen LogP contribution in [0.1, 0.15) is 46.5 Å². The number of carbonyl (C=O) groups is 2. The fourth-order valence-electron chi connectivity index (χ4n) is 3.60. The smallest absolute Gasteiger partial charge is 0.139 e. The summed E-state index contributed by atoms with van der Waals surface area (Å²) in [5, 5.41) is 0. The van der Waals surface area contributed by atoms with Crippen molar-refractivity contribution in [1.29, 1.82) is 0 Å². The lowest BCUT2D eigenvalue weighted by Gasteiger charge is -2.48. The molecule has 2 nitrogen and oxygen atoms in total. The quantitative estimate of drug-likeness (QED) is 0.653. The first-order valence-electron chi connectivity index (χ1n) is 6.57. The molecule has 0 radical (unpaired) electrons. The Bertz CT molecular complexity index is 382. The summed E-state index contributed by atoms with van der Waals surface area (Å²) in [6, 6.07) is 0. The van der Waals surface area contributed by atoms with Crippen LogP contribution in [0, 0.1) is 23.2 Å². The second-order valence-electron chi connectivity index (χ2n) is 6.19. The number of Topliss-reactive ketones (excluding diaryl/α,β-unsaturated/α-hetero) is 2. The fraction of sp³-hybridized carbons (Fsp3) is 0.733. The molecule has 2 saturated carbocycles. The van der Waals surface area contributed by atoms with Crippen molar-refractivity contribution in [3.8, 4) is 0 Å². The van der Waals surface area contributed by atoms with E-state index in [2.05, 4.69) is 13.5 Å². The van der Waals surface area contributed by atoms with Crippen LogP contribution < -0.4 is 0 Å². The van der Waals surface area contributed by atoms with Gasteiger partial charge in [0.05, 0.1) is 0 Å². The minimum Gasteiger partial charge on any atom is -0.299 e. The summed E-state index contributed by atoms with van der Waals surface area (Å²) in [6.45, 7) is 10.0. The molecule has 0 aromatic rings. The molecule has 94 valence electrons. The first-order valence-corrected chi connectivity index (χ1v) is 6.57. The van der Waals surface area contributed by atoms with E-state index in [-0.39, 0.29) is 23.2 Å². The van der Waals surface area contributed by atoms with Gasteiger partial charge in [-0.2, -0.15) is 0 Å². The lowest BCUT2D eigenvalue weighted by atomic mass is 9.54.